The van der Waals surface area contributed by atoms with Crippen molar-refractivity contribution in [3.8, 4) is 11.5 Å². The lowest BCUT2D eigenvalue weighted by molar-refractivity contribution is -0.117. The summed E-state index contributed by atoms with van der Waals surface area (Å²) in [6, 6.07) is 18.1. The Kier molecular flexibility index (Phi) is 7.68. The standard InChI is InChI=1S/C27H29N3O6S/c1-19-6-10-22(11-7-19)30(37(33,34)23-14-15-24(35-2)25(17-23)36-3)18-26(31)28-20-8-12-21(13-9-20)29-16-4-5-27(29)32/h6-15,17H,4-5,16,18H2,1-3H3,(H,28,31). The van der Waals surface area contributed by atoms with Gasteiger partial charge in [0.1, 0.15) is 6.54 Å². The zero-order chi connectivity index (χ0) is 26.6. The number of hydrogen-bond acceptors (Lipinski definition) is 6. The van der Waals surface area contributed by atoms with E-state index in [0.717, 1.165) is 22.0 Å². The lowest BCUT2D eigenvalue weighted by Crippen LogP contribution is -2.38. The number of amides is 2. The van der Waals surface area contributed by atoms with Crippen molar-refractivity contribution in [3.05, 3.63) is 72.3 Å². The van der Waals surface area contributed by atoms with Crippen molar-refractivity contribution < 1.29 is 27.5 Å². The molecule has 1 aliphatic rings. The van der Waals surface area contributed by atoms with Gasteiger partial charge in [-0.3, -0.25) is 13.9 Å². The summed E-state index contributed by atoms with van der Waals surface area (Å²) >= 11 is 0. The summed E-state index contributed by atoms with van der Waals surface area (Å²) in [4.78, 5) is 26.7. The lowest BCUT2D eigenvalue weighted by Gasteiger charge is -2.25. The molecular weight excluding hydrogens is 494 g/mol. The number of ether oxygens (including phenoxy) is 2. The third kappa shape index (κ3) is 5.69. The third-order valence-corrected chi connectivity index (χ3v) is 7.86. The van der Waals surface area contributed by atoms with Crippen molar-refractivity contribution in [1.29, 1.82) is 0 Å². The van der Waals surface area contributed by atoms with Gasteiger partial charge in [0.25, 0.3) is 10.0 Å². The number of benzene rings is 3. The summed E-state index contributed by atoms with van der Waals surface area (Å²) < 4.78 is 39.0. The molecule has 0 unspecified atom stereocenters. The minimum Gasteiger partial charge on any atom is -0.493 e. The van der Waals surface area contributed by atoms with Crippen molar-refractivity contribution in [1.82, 2.24) is 0 Å². The van der Waals surface area contributed by atoms with Gasteiger partial charge in [-0.05, 0) is 61.9 Å². The van der Waals surface area contributed by atoms with Crippen LogP contribution in [-0.2, 0) is 19.6 Å². The molecule has 2 amide bonds. The Bertz CT molecular complexity index is 1390. The number of methoxy groups -OCH3 is 2. The van der Waals surface area contributed by atoms with Crippen molar-refractivity contribution >= 4 is 38.9 Å². The zero-order valence-electron chi connectivity index (χ0n) is 20.9. The Balaban J connectivity index is 1.59. The van der Waals surface area contributed by atoms with E-state index in [2.05, 4.69) is 5.32 Å². The molecule has 3 aromatic rings. The Morgan fingerprint density at radius 1 is 0.973 bits per heavy atom. The highest BCUT2D eigenvalue weighted by molar-refractivity contribution is 7.92. The highest BCUT2D eigenvalue weighted by atomic mass is 32.2. The molecule has 4 rings (SSSR count). The van der Waals surface area contributed by atoms with E-state index in [0.29, 0.717) is 30.1 Å². The number of anilines is 3. The van der Waals surface area contributed by atoms with Crippen molar-refractivity contribution in [2.75, 3.05) is 41.8 Å². The third-order valence-electron chi connectivity index (χ3n) is 6.09. The molecule has 0 aromatic heterocycles. The van der Waals surface area contributed by atoms with Crippen LogP contribution >= 0.6 is 0 Å². The first-order chi connectivity index (χ1) is 17.7. The van der Waals surface area contributed by atoms with Crippen molar-refractivity contribution in [2.45, 2.75) is 24.7 Å². The van der Waals surface area contributed by atoms with Gasteiger partial charge < -0.3 is 19.7 Å². The number of nitrogens with zero attached hydrogens (tertiary/aromatic N) is 2. The molecule has 0 bridgehead atoms. The molecule has 0 spiro atoms. The van der Waals surface area contributed by atoms with Crippen LogP contribution in [0.3, 0.4) is 0 Å². The summed E-state index contributed by atoms with van der Waals surface area (Å²) in [7, 11) is -1.26. The van der Waals surface area contributed by atoms with E-state index in [1.54, 1.807) is 53.4 Å². The summed E-state index contributed by atoms with van der Waals surface area (Å²) in [6.45, 7) is 2.11. The van der Waals surface area contributed by atoms with E-state index in [4.69, 9.17) is 9.47 Å². The number of hydrogen-bond donors (Lipinski definition) is 1. The van der Waals surface area contributed by atoms with Gasteiger partial charge in [-0.25, -0.2) is 8.42 Å². The van der Waals surface area contributed by atoms with Crippen molar-refractivity contribution in [3.63, 3.8) is 0 Å². The molecule has 3 aromatic carbocycles. The van der Waals surface area contributed by atoms with Crippen LogP contribution in [0.1, 0.15) is 18.4 Å². The predicted octanol–water partition coefficient (Wildman–Crippen LogP) is 3.97. The second-order valence-electron chi connectivity index (χ2n) is 8.61. The average molecular weight is 524 g/mol. The first-order valence-corrected chi connectivity index (χ1v) is 13.2. The fraction of sp³-hybridized carbons (Fsp3) is 0.259. The van der Waals surface area contributed by atoms with Crippen LogP contribution in [0, 0.1) is 6.92 Å². The quantitative estimate of drug-likeness (QED) is 0.455. The number of aryl methyl sites for hydroxylation is 1. The molecule has 0 aliphatic carbocycles. The van der Waals surface area contributed by atoms with E-state index >= 15 is 0 Å². The second-order valence-corrected chi connectivity index (χ2v) is 10.5. The fourth-order valence-corrected chi connectivity index (χ4v) is 5.54. The van der Waals surface area contributed by atoms with Gasteiger partial charge in [-0.1, -0.05) is 17.7 Å². The average Bonchev–Trinajstić information content (AvgIpc) is 3.33. The molecule has 10 heteroatoms. The molecule has 194 valence electrons. The highest BCUT2D eigenvalue weighted by Crippen LogP contribution is 2.32. The van der Waals surface area contributed by atoms with Gasteiger partial charge in [0, 0.05) is 30.4 Å². The largest absolute Gasteiger partial charge is 0.493 e. The lowest BCUT2D eigenvalue weighted by atomic mass is 10.2. The SMILES string of the molecule is COc1ccc(S(=O)(=O)N(CC(=O)Nc2ccc(N3CCCC3=O)cc2)c2ccc(C)cc2)cc1OC. The summed E-state index contributed by atoms with van der Waals surface area (Å²) in [5.74, 6) is 0.203. The Hall–Kier alpha value is -4.05. The smallest absolute Gasteiger partial charge is 0.264 e. The van der Waals surface area contributed by atoms with Gasteiger partial charge in [0.15, 0.2) is 11.5 Å². The fourth-order valence-electron chi connectivity index (χ4n) is 4.11. The van der Waals surface area contributed by atoms with Crippen LogP contribution in [0.5, 0.6) is 11.5 Å². The molecule has 9 nitrogen and oxygen atoms in total. The Morgan fingerprint density at radius 3 is 2.24 bits per heavy atom. The van der Waals surface area contributed by atoms with Gasteiger partial charge in [0.2, 0.25) is 11.8 Å². The molecule has 1 fully saturated rings. The van der Waals surface area contributed by atoms with Gasteiger partial charge >= 0.3 is 0 Å². The molecule has 0 saturated carbocycles. The number of carbonyl (C=O) groups excluding carboxylic acids is 2. The number of carbonyl (C=O) groups is 2. The van der Waals surface area contributed by atoms with Crippen LogP contribution in [0.25, 0.3) is 0 Å². The maximum atomic E-state index is 13.7. The maximum absolute atomic E-state index is 13.7. The van der Waals surface area contributed by atoms with Crippen LogP contribution in [-0.4, -0.2) is 47.5 Å². The van der Waals surface area contributed by atoms with E-state index in [9.17, 15) is 18.0 Å². The molecule has 0 radical (unpaired) electrons. The molecule has 1 aliphatic heterocycles. The normalized spacial score (nSPS) is 13.4. The summed E-state index contributed by atoms with van der Waals surface area (Å²) in [6.07, 6.45) is 1.35. The van der Waals surface area contributed by atoms with Gasteiger partial charge in [-0.15, -0.1) is 0 Å². The summed E-state index contributed by atoms with van der Waals surface area (Å²) in [5.41, 5.74) is 2.55. The van der Waals surface area contributed by atoms with Gasteiger partial charge in [-0.2, -0.15) is 0 Å². The molecule has 0 atom stereocenters. The van der Waals surface area contributed by atoms with Crippen LogP contribution in [0.15, 0.2) is 71.6 Å². The molecule has 1 saturated heterocycles. The van der Waals surface area contributed by atoms with Gasteiger partial charge in [0.05, 0.1) is 24.8 Å². The van der Waals surface area contributed by atoms with E-state index < -0.39 is 22.5 Å². The maximum Gasteiger partial charge on any atom is 0.264 e. The van der Waals surface area contributed by atoms with E-state index in [1.165, 1.54) is 32.4 Å². The predicted molar refractivity (Wildman–Crippen MR) is 142 cm³/mol. The van der Waals surface area contributed by atoms with E-state index in [1.807, 2.05) is 6.92 Å². The Labute approximate surface area is 216 Å². The topological polar surface area (TPSA) is 105 Å². The minimum atomic E-state index is -4.14. The minimum absolute atomic E-state index is 0.0434. The molecular formula is C27H29N3O6S. The van der Waals surface area contributed by atoms with E-state index in [-0.39, 0.29) is 16.6 Å². The second kappa shape index (κ2) is 10.9. The van der Waals surface area contributed by atoms with Crippen molar-refractivity contribution in [2.24, 2.45) is 0 Å². The summed E-state index contributed by atoms with van der Waals surface area (Å²) in [5, 5.41) is 2.75. The zero-order valence-corrected chi connectivity index (χ0v) is 21.7. The first kappa shape index (κ1) is 26.0. The number of nitrogens with one attached hydrogen (secondary N) is 1. The number of rotatable bonds is 9. The highest BCUT2D eigenvalue weighted by Gasteiger charge is 2.28. The molecule has 37 heavy (non-hydrogen) atoms. The number of sulfonamides is 1. The monoisotopic (exact) mass is 523 g/mol. The first-order valence-electron chi connectivity index (χ1n) is 11.7. The Morgan fingerprint density at radius 2 is 1.65 bits per heavy atom. The van der Waals surface area contributed by atoms with Crippen LogP contribution in [0.2, 0.25) is 0 Å². The molecule has 1 N–H and O–H groups in total. The van der Waals surface area contributed by atoms with Crippen LogP contribution < -0.4 is 24.0 Å². The van der Waals surface area contributed by atoms with Crippen LogP contribution in [0.4, 0.5) is 17.1 Å². The molecule has 1 heterocycles.